The number of hydrogen-bond donors (Lipinski definition) is 2. The molecule has 34 valence electrons. The van der Waals surface area contributed by atoms with Gasteiger partial charge < -0.3 is 5.11 Å². The van der Waals surface area contributed by atoms with Gasteiger partial charge in [-0.25, -0.2) is 4.79 Å². The summed E-state index contributed by atoms with van der Waals surface area (Å²) >= 11 is 0. The highest BCUT2D eigenvalue weighted by Gasteiger charge is 1.84. The SMILES string of the molecule is O=NNC(=O)O. The first-order chi connectivity index (χ1) is 2.77. The summed E-state index contributed by atoms with van der Waals surface area (Å²) in [5.41, 5.74) is 1.19. The lowest BCUT2D eigenvalue weighted by Crippen LogP contribution is -2.11. The fourth-order valence-corrected chi connectivity index (χ4v) is 0.0390. The van der Waals surface area contributed by atoms with E-state index < -0.39 is 6.09 Å². The number of hydrogen-bond acceptors (Lipinski definition) is 3. The van der Waals surface area contributed by atoms with Crippen LogP contribution < -0.4 is 5.43 Å². The summed E-state index contributed by atoms with van der Waals surface area (Å²) in [6.07, 6.45) is -1.44. The van der Waals surface area contributed by atoms with Gasteiger partial charge in [-0.3, -0.25) is 0 Å². The van der Waals surface area contributed by atoms with Crippen LogP contribution in [0.3, 0.4) is 0 Å². The maximum Gasteiger partial charge on any atom is 0.427 e. The average Bonchev–Trinajstić information content (AvgIpc) is 1.35. The Kier molecular flexibility index (Phi) is 1.73. The zero-order valence-corrected chi connectivity index (χ0v) is 2.71. The van der Waals surface area contributed by atoms with Gasteiger partial charge in [0.1, 0.15) is 0 Å². The Morgan fingerprint density at radius 3 is 2.33 bits per heavy atom. The molecule has 0 aliphatic rings. The monoisotopic (exact) mass is 90.0 g/mol. The molecule has 0 bridgehead atoms. The molecule has 0 aromatic heterocycles. The molecule has 0 atom stereocenters. The van der Waals surface area contributed by atoms with Crippen molar-refractivity contribution in [2.24, 2.45) is 5.29 Å². The van der Waals surface area contributed by atoms with Gasteiger partial charge in [-0.1, -0.05) is 0 Å². The van der Waals surface area contributed by atoms with Crippen LogP contribution in [-0.4, -0.2) is 11.2 Å². The zero-order chi connectivity index (χ0) is 4.99. The van der Waals surface area contributed by atoms with E-state index in [1.165, 1.54) is 5.43 Å². The summed E-state index contributed by atoms with van der Waals surface area (Å²) in [4.78, 5) is 18.1. The summed E-state index contributed by atoms with van der Waals surface area (Å²) in [6, 6.07) is 0. The average molecular weight is 90.0 g/mol. The van der Waals surface area contributed by atoms with Crippen LogP contribution in [0.5, 0.6) is 0 Å². The molecule has 6 heavy (non-hydrogen) atoms. The second-order valence-corrected chi connectivity index (χ2v) is 0.508. The van der Waals surface area contributed by atoms with Crippen molar-refractivity contribution in [1.82, 2.24) is 5.43 Å². The predicted molar refractivity (Wildman–Crippen MR) is 17.0 cm³/mol. The summed E-state index contributed by atoms with van der Waals surface area (Å²) < 4.78 is 0. The van der Waals surface area contributed by atoms with Gasteiger partial charge in [0.05, 0.1) is 5.29 Å². The van der Waals surface area contributed by atoms with Crippen molar-refractivity contribution in [2.45, 2.75) is 0 Å². The van der Waals surface area contributed by atoms with E-state index in [9.17, 15) is 4.79 Å². The smallest absolute Gasteiger partial charge is 0.427 e. The third-order valence-corrected chi connectivity index (χ3v) is 0.141. The molecule has 0 aliphatic carbocycles. The molecule has 0 saturated carbocycles. The van der Waals surface area contributed by atoms with E-state index in [4.69, 9.17) is 10.0 Å². The fourth-order valence-electron chi connectivity index (χ4n) is 0.0390. The topological polar surface area (TPSA) is 78.8 Å². The van der Waals surface area contributed by atoms with Crippen molar-refractivity contribution in [3.63, 3.8) is 0 Å². The number of carboxylic acid groups (broad SMARTS) is 1. The van der Waals surface area contributed by atoms with Gasteiger partial charge in [0.15, 0.2) is 0 Å². The molecule has 0 aromatic rings. The molecule has 0 heterocycles. The van der Waals surface area contributed by atoms with Gasteiger partial charge >= 0.3 is 6.09 Å². The molecule has 0 rings (SSSR count). The molecule has 5 nitrogen and oxygen atoms in total. The maximum absolute atomic E-state index is 9.19. The first-order valence-corrected chi connectivity index (χ1v) is 1.08. The maximum atomic E-state index is 9.19. The third-order valence-electron chi connectivity index (χ3n) is 0.141. The third kappa shape index (κ3) is 2.87. The van der Waals surface area contributed by atoms with Gasteiger partial charge in [0, 0.05) is 0 Å². The van der Waals surface area contributed by atoms with Crippen molar-refractivity contribution < 1.29 is 9.90 Å². The normalized spacial score (nSPS) is 6.67. The highest BCUT2D eigenvalue weighted by atomic mass is 16.4. The van der Waals surface area contributed by atoms with Gasteiger partial charge in [0.2, 0.25) is 0 Å². The first-order valence-electron chi connectivity index (χ1n) is 1.08. The minimum atomic E-state index is -1.44. The minimum Gasteiger partial charge on any atom is -0.464 e. The first kappa shape index (κ1) is 4.87. The summed E-state index contributed by atoms with van der Waals surface area (Å²) in [6.45, 7) is 0. The molecule has 5 heteroatoms. The Hall–Kier alpha value is -1.13. The zero-order valence-electron chi connectivity index (χ0n) is 2.71. The summed E-state index contributed by atoms with van der Waals surface area (Å²) in [5.74, 6) is 0. The van der Waals surface area contributed by atoms with E-state index in [1.54, 1.807) is 0 Å². The van der Waals surface area contributed by atoms with Crippen LogP contribution in [0.1, 0.15) is 0 Å². The standard InChI is InChI=1S/CH2N2O3/c4-1(5)2-3-6/h(H,2,6)(H,4,5). The van der Waals surface area contributed by atoms with Crippen molar-refractivity contribution in [3.8, 4) is 0 Å². The number of rotatable bonds is 1. The van der Waals surface area contributed by atoms with Gasteiger partial charge in [-0.2, -0.15) is 5.43 Å². The number of amides is 1. The molecular weight excluding hydrogens is 88.0 g/mol. The molecule has 1 amide bonds. The summed E-state index contributed by atoms with van der Waals surface area (Å²) in [7, 11) is 0. The van der Waals surface area contributed by atoms with Gasteiger partial charge in [-0.05, 0) is 0 Å². The lowest BCUT2D eigenvalue weighted by Gasteiger charge is -1.76. The van der Waals surface area contributed by atoms with Crippen LogP contribution in [0, 0.1) is 4.91 Å². The van der Waals surface area contributed by atoms with Crippen molar-refractivity contribution in [2.75, 3.05) is 0 Å². The van der Waals surface area contributed by atoms with Gasteiger partial charge in [-0.15, -0.1) is 4.91 Å². The number of nitrogens with zero attached hydrogens (tertiary/aromatic N) is 1. The van der Waals surface area contributed by atoms with Crippen LogP contribution >= 0.6 is 0 Å². The molecule has 0 aromatic carbocycles. The molecule has 0 aliphatic heterocycles. The summed E-state index contributed by atoms with van der Waals surface area (Å²) in [5, 5.41) is 9.34. The van der Waals surface area contributed by atoms with Crippen molar-refractivity contribution >= 4 is 6.09 Å². The fraction of sp³-hybridized carbons (Fsp3) is 0. The minimum absolute atomic E-state index is 1.19. The predicted octanol–water partition coefficient (Wildman–Crippen LogP) is -0.0646. The number of nitrogens with one attached hydrogen (secondary N) is 1. The molecular formula is CH2N2O3. The van der Waals surface area contributed by atoms with Crippen molar-refractivity contribution in [1.29, 1.82) is 0 Å². The van der Waals surface area contributed by atoms with Crippen LogP contribution in [0.15, 0.2) is 5.29 Å². The Bertz CT molecular complexity index is 69.2. The number of nitroso groups, excluding NO2 is 1. The van der Waals surface area contributed by atoms with E-state index in [1.807, 2.05) is 5.29 Å². The molecule has 0 saturated heterocycles. The van der Waals surface area contributed by atoms with Gasteiger partial charge in [0.25, 0.3) is 0 Å². The number of carbonyl (C=O) groups is 1. The Balaban J connectivity index is 3.05. The van der Waals surface area contributed by atoms with Crippen LogP contribution in [0.4, 0.5) is 4.79 Å². The lowest BCUT2D eigenvalue weighted by molar-refractivity contribution is 0.195. The van der Waals surface area contributed by atoms with E-state index >= 15 is 0 Å². The molecule has 2 N–H and O–H groups in total. The Morgan fingerprint density at radius 1 is 1.83 bits per heavy atom. The van der Waals surface area contributed by atoms with Crippen LogP contribution in [0.25, 0.3) is 0 Å². The molecule has 0 spiro atoms. The van der Waals surface area contributed by atoms with E-state index in [0.717, 1.165) is 0 Å². The lowest BCUT2D eigenvalue weighted by atomic mass is 11.3. The highest BCUT2D eigenvalue weighted by Crippen LogP contribution is 1.54. The molecule has 0 unspecified atom stereocenters. The molecule has 0 fully saturated rings. The Labute approximate surface area is 32.9 Å². The van der Waals surface area contributed by atoms with E-state index in [2.05, 4.69) is 0 Å². The van der Waals surface area contributed by atoms with E-state index in [-0.39, 0.29) is 0 Å². The Morgan fingerprint density at radius 2 is 2.33 bits per heavy atom. The highest BCUT2D eigenvalue weighted by molar-refractivity contribution is 5.63. The largest absolute Gasteiger partial charge is 0.464 e. The second-order valence-electron chi connectivity index (χ2n) is 0.508. The quantitative estimate of drug-likeness (QED) is 0.349. The van der Waals surface area contributed by atoms with E-state index in [0.29, 0.717) is 0 Å². The molecule has 0 radical (unpaired) electrons. The van der Waals surface area contributed by atoms with Crippen molar-refractivity contribution in [3.05, 3.63) is 4.91 Å². The van der Waals surface area contributed by atoms with Crippen LogP contribution in [-0.2, 0) is 0 Å². The second kappa shape index (κ2) is 2.13. The van der Waals surface area contributed by atoms with Crippen LogP contribution in [0.2, 0.25) is 0 Å².